The zero-order valence-electron chi connectivity index (χ0n) is 19.7. The molecule has 2 atom stereocenters. The lowest BCUT2D eigenvalue weighted by molar-refractivity contribution is -0.137. The normalized spacial score (nSPS) is 19.3. The average Bonchev–Trinajstić information content (AvgIpc) is 3.17. The molecule has 9 heteroatoms. The van der Waals surface area contributed by atoms with Crippen molar-refractivity contribution in [3.8, 4) is 17.1 Å². The lowest BCUT2D eigenvalue weighted by Gasteiger charge is -2.28. The van der Waals surface area contributed by atoms with Crippen molar-refractivity contribution in [1.29, 1.82) is 0 Å². The van der Waals surface area contributed by atoms with Gasteiger partial charge in [0, 0.05) is 17.0 Å². The molecule has 1 aromatic carbocycles. The first kappa shape index (κ1) is 24.0. The van der Waals surface area contributed by atoms with Gasteiger partial charge in [0.1, 0.15) is 6.10 Å². The van der Waals surface area contributed by atoms with Crippen molar-refractivity contribution >= 4 is 17.2 Å². The number of hydrogen-bond acceptors (Lipinski definition) is 4. The number of benzene rings is 1. The molecule has 0 radical (unpaired) electrons. The Balaban J connectivity index is 1.65. The number of carbonyl (C=O) groups excluding carboxylic acids is 1. The molecule has 182 valence electrons. The van der Waals surface area contributed by atoms with Crippen molar-refractivity contribution in [3.63, 3.8) is 0 Å². The molecule has 1 N–H and O–H groups in total. The van der Waals surface area contributed by atoms with Crippen LogP contribution < -0.4 is 10.1 Å². The van der Waals surface area contributed by atoms with Crippen LogP contribution in [0.1, 0.15) is 58.9 Å². The molecule has 3 aromatic rings. The summed E-state index contributed by atoms with van der Waals surface area (Å²) < 4.78 is 48.4. The second-order valence-electron chi connectivity index (χ2n) is 9.98. The summed E-state index contributed by atoms with van der Waals surface area (Å²) in [4.78, 5) is 16.9. The number of nitrogens with zero attached hydrogens (tertiary/aromatic N) is 3. The van der Waals surface area contributed by atoms with Gasteiger partial charge in [0.25, 0.3) is 0 Å². The van der Waals surface area contributed by atoms with E-state index in [4.69, 9.17) is 4.74 Å². The number of carbonyl (C=O) groups is 1. The van der Waals surface area contributed by atoms with Crippen molar-refractivity contribution in [2.75, 3.05) is 5.32 Å². The molecular formula is C25H29F3N4O2. The third-order valence-electron chi connectivity index (χ3n) is 6.15. The van der Waals surface area contributed by atoms with Gasteiger partial charge in [-0.2, -0.15) is 13.2 Å². The Labute approximate surface area is 196 Å². The first-order chi connectivity index (χ1) is 15.9. The fourth-order valence-corrected chi connectivity index (χ4v) is 4.04. The van der Waals surface area contributed by atoms with Crippen LogP contribution in [0.25, 0.3) is 16.9 Å². The van der Waals surface area contributed by atoms with Gasteiger partial charge in [0.15, 0.2) is 5.65 Å². The van der Waals surface area contributed by atoms with Crippen LogP contribution in [0.15, 0.2) is 36.5 Å². The summed E-state index contributed by atoms with van der Waals surface area (Å²) in [5.41, 5.74) is -0.641. The number of rotatable bonds is 4. The molecular weight excluding hydrogens is 445 g/mol. The number of imidazole rings is 1. The minimum Gasteiger partial charge on any atom is -0.473 e. The largest absolute Gasteiger partial charge is 0.473 e. The maximum atomic E-state index is 13.6. The fourth-order valence-electron chi connectivity index (χ4n) is 4.04. The molecule has 1 aliphatic rings. The van der Waals surface area contributed by atoms with Gasteiger partial charge in [0.2, 0.25) is 11.8 Å². The third-order valence-corrected chi connectivity index (χ3v) is 6.15. The molecule has 0 aliphatic heterocycles. The van der Waals surface area contributed by atoms with Gasteiger partial charge < -0.3 is 10.1 Å². The van der Waals surface area contributed by atoms with E-state index in [2.05, 4.69) is 22.3 Å². The Kier molecular flexibility index (Phi) is 6.31. The van der Waals surface area contributed by atoms with Crippen molar-refractivity contribution < 1.29 is 22.7 Å². The van der Waals surface area contributed by atoms with Gasteiger partial charge in [0.05, 0.1) is 23.1 Å². The summed E-state index contributed by atoms with van der Waals surface area (Å²) in [7, 11) is 0. The predicted molar refractivity (Wildman–Crippen MR) is 124 cm³/mol. The Morgan fingerprint density at radius 3 is 2.53 bits per heavy atom. The van der Waals surface area contributed by atoms with Crippen LogP contribution in [0.4, 0.5) is 18.9 Å². The zero-order chi connectivity index (χ0) is 24.7. The van der Waals surface area contributed by atoms with Gasteiger partial charge >= 0.3 is 6.18 Å². The highest BCUT2D eigenvalue weighted by Crippen LogP contribution is 2.38. The molecule has 2 aromatic heterocycles. The standard InChI is InChI=1S/C25H29F3N4O2/c1-15-7-5-6-8-20(15)34-22-12-11-21-29-19(14-32(21)31-22)16-9-10-17(25(26,27)28)18(13-16)30-23(33)24(2,3)4/h9-15,20H,5-8H2,1-4H3,(H,30,33). The summed E-state index contributed by atoms with van der Waals surface area (Å²) in [5.74, 6) is 0.435. The molecule has 2 heterocycles. The number of alkyl halides is 3. The van der Waals surface area contributed by atoms with Crippen LogP contribution in [-0.2, 0) is 11.0 Å². The van der Waals surface area contributed by atoms with E-state index in [1.165, 1.54) is 18.6 Å². The first-order valence-corrected chi connectivity index (χ1v) is 11.5. The molecule has 0 spiro atoms. The van der Waals surface area contributed by atoms with E-state index in [0.717, 1.165) is 25.3 Å². The molecule has 1 amide bonds. The lowest BCUT2D eigenvalue weighted by atomic mass is 9.88. The Hall–Kier alpha value is -3.10. The van der Waals surface area contributed by atoms with Crippen molar-refractivity contribution in [3.05, 3.63) is 42.1 Å². The highest BCUT2D eigenvalue weighted by atomic mass is 19.4. The van der Waals surface area contributed by atoms with E-state index >= 15 is 0 Å². The first-order valence-electron chi connectivity index (χ1n) is 11.5. The van der Waals surface area contributed by atoms with Crippen molar-refractivity contribution in [2.45, 2.75) is 65.7 Å². The van der Waals surface area contributed by atoms with E-state index in [1.807, 2.05) is 0 Å². The smallest absolute Gasteiger partial charge is 0.418 e. The molecule has 0 bridgehead atoms. The molecule has 2 unspecified atom stereocenters. The number of fused-ring (bicyclic) bond motifs is 1. The van der Waals surface area contributed by atoms with Crippen molar-refractivity contribution in [2.24, 2.45) is 11.3 Å². The number of anilines is 1. The van der Waals surface area contributed by atoms with Gasteiger partial charge in [-0.25, -0.2) is 9.50 Å². The summed E-state index contributed by atoms with van der Waals surface area (Å²) >= 11 is 0. The number of amides is 1. The molecule has 0 saturated heterocycles. The summed E-state index contributed by atoms with van der Waals surface area (Å²) in [5, 5.41) is 6.92. The number of halogens is 3. The Bertz CT molecular complexity index is 1200. The van der Waals surface area contributed by atoms with E-state index in [0.29, 0.717) is 28.7 Å². The van der Waals surface area contributed by atoms with Crippen molar-refractivity contribution in [1.82, 2.24) is 14.6 Å². The monoisotopic (exact) mass is 474 g/mol. The molecule has 1 saturated carbocycles. The Morgan fingerprint density at radius 1 is 1.12 bits per heavy atom. The summed E-state index contributed by atoms with van der Waals surface area (Å²) in [6.07, 6.45) is 1.62. The van der Waals surface area contributed by atoms with Crippen LogP contribution in [0.3, 0.4) is 0 Å². The Morgan fingerprint density at radius 2 is 1.85 bits per heavy atom. The SMILES string of the molecule is CC1CCCCC1Oc1ccc2nc(-c3ccc(C(F)(F)F)c(NC(=O)C(C)(C)C)c3)cn2n1. The third kappa shape index (κ3) is 5.18. The van der Waals surface area contributed by atoms with Crippen LogP contribution >= 0.6 is 0 Å². The minimum atomic E-state index is -4.61. The summed E-state index contributed by atoms with van der Waals surface area (Å²) in [6.45, 7) is 7.10. The van der Waals surface area contributed by atoms with Gasteiger partial charge in [-0.1, -0.05) is 40.2 Å². The molecule has 1 aliphatic carbocycles. The fraction of sp³-hybridized carbons (Fsp3) is 0.480. The van der Waals surface area contributed by atoms with Gasteiger partial charge in [-0.15, -0.1) is 5.10 Å². The van der Waals surface area contributed by atoms with E-state index < -0.39 is 23.1 Å². The summed E-state index contributed by atoms with van der Waals surface area (Å²) in [6, 6.07) is 7.14. The molecule has 4 rings (SSSR count). The minimum absolute atomic E-state index is 0.116. The number of hydrogen-bond donors (Lipinski definition) is 1. The number of aromatic nitrogens is 3. The average molecular weight is 475 g/mol. The molecule has 1 fully saturated rings. The maximum Gasteiger partial charge on any atom is 0.418 e. The quantitative estimate of drug-likeness (QED) is 0.478. The predicted octanol–water partition coefficient (Wildman–Crippen LogP) is 6.36. The van der Waals surface area contributed by atoms with Crippen LogP contribution in [0.5, 0.6) is 5.88 Å². The number of nitrogens with one attached hydrogen (secondary N) is 1. The highest BCUT2D eigenvalue weighted by molar-refractivity contribution is 5.96. The highest BCUT2D eigenvalue weighted by Gasteiger charge is 2.35. The second kappa shape index (κ2) is 8.92. The van der Waals surface area contributed by atoms with E-state index in [9.17, 15) is 18.0 Å². The zero-order valence-corrected chi connectivity index (χ0v) is 19.7. The maximum absolute atomic E-state index is 13.6. The topological polar surface area (TPSA) is 68.5 Å². The molecule has 6 nitrogen and oxygen atoms in total. The van der Waals surface area contributed by atoms with Gasteiger partial charge in [-0.3, -0.25) is 4.79 Å². The number of ether oxygens (including phenoxy) is 1. The second-order valence-corrected chi connectivity index (χ2v) is 9.98. The van der Waals surface area contributed by atoms with Gasteiger partial charge in [-0.05, 0) is 43.4 Å². The lowest BCUT2D eigenvalue weighted by Crippen LogP contribution is -2.28. The molecule has 34 heavy (non-hydrogen) atoms. The van der Waals surface area contributed by atoms with Crippen LogP contribution in [0.2, 0.25) is 0 Å². The van der Waals surface area contributed by atoms with Crippen LogP contribution in [0, 0.1) is 11.3 Å². The van der Waals surface area contributed by atoms with Crippen LogP contribution in [-0.4, -0.2) is 26.6 Å². The van der Waals surface area contributed by atoms with E-state index in [1.54, 1.807) is 43.6 Å². The van der Waals surface area contributed by atoms with E-state index in [-0.39, 0.29) is 11.8 Å².